The normalized spacial score (nSPS) is 12.4. The summed E-state index contributed by atoms with van der Waals surface area (Å²) in [4.78, 5) is 12.2. The first kappa shape index (κ1) is 22.9. The van der Waals surface area contributed by atoms with Gasteiger partial charge in [-0.3, -0.25) is 0 Å². The van der Waals surface area contributed by atoms with Gasteiger partial charge in [0.05, 0.1) is 12.7 Å². The van der Waals surface area contributed by atoms with Crippen LogP contribution in [-0.2, 0) is 31.4 Å². The van der Waals surface area contributed by atoms with Crippen molar-refractivity contribution >= 4 is 26.0 Å². The largest absolute Gasteiger partial charge is 0.495 e. The molecule has 0 fully saturated rings. The van der Waals surface area contributed by atoms with Crippen LogP contribution in [0.15, 0.2) is 44.7 Å². The third kappa shape index (κ3) is 4.78. The van der Waals surface area contributed by atoms with Crippen molar-refractivity contribution in [3.05, 3.63) is 41.7 Å². The van der Waals surface area contributed by atoms with Crippen molar-refractivity contribution in [1.29, 1.82) is 0 Å². The Morgan fingerprint density at radius 1 is 0.966 bits per heavy atom. The van der Waals surface area contributed by atoms with Crippen molar-refractivity contribution in [2.45, 2.75) is 16.6 Å². The summed E-state index contributed by atoms with van der Waals surface area (Å²) in [7, 11) is -0.841. The molecule has 0 aliphatic heterocycles. The summed E-state index contributed by atoms with van der Waals surface area (Å²) in [5, 5.41) is -0.280. The van der Waals surface area contributed by atoms with Crippen LogP contribution < -0.4 is 4.74 Å². The average molecular weight is 447 g/mol. The number of ether oxygens (including phenoxy) is 2. The minimum Gasteiger partial charge on any atom is -0.495 e. The van der Waals surface area contributed by atoms with E-state index in [9.17, 15) is 21.6 Å². The second-order valence-corrected chi connectivity index (χ2v) is 10.4. The third-order valence-electron chi connectivity index (χ3n) is 3.88. The van der Waals surface area contributed by atoms with Gasteiger partial charge in [0.1, 0.15) is 23.0 Å². The summed E-state index contributed by atoms with van der Waals surface area (Å²) >= 11 is 0. The SMILES string of the molecule is COc1ccc(C(=O)OCc2ccc(S(=O)(=O)N(C)C)o2)cc1S(=O)(=O)N(C)C. The summed E-state index contributed by atoms with van der Waals surface area (Å²) in [6.07, 6.45) is 0. The Bertz CT molecular complexity index is 1100. The molecular formula is C17H22N2O8S2. The van der Waals surface area contributed by atoms with Crippen molar-refractivity contribution in [3.63, 3.8) is 0 Å². The van der Waals surface area contributed by atoms with Gasteiger partial charge >= 0.3 is 5.97 Å². The van der Waals surface area contributed by atoms with Crippen molar-refractivity contribution in [1.82, 2.24) is 8.61 Å². The zero-order valence-corrected chi connectivity index (χ0v) is 18.2. The Hall–Kier alpha value is -2.41. The summed E-state index contributed by atoms with van der Waals surface area (Å²) in [5.74, 6) is -0.607. The number of carbonyl (C=O) groups is 1. The molecule has 1 aromatic heterocycles. The van der Waals surface area contributed by atoms with E-state index in [0.717, 1.165) is 14.7 Å². The Morgan fingerprint density at radius 3 is 2.14 bits per heavy atom. The number of hydrogen-bond acceptors (Lipinski definition) is 8. The first-order valence-corrected chi connectivity index (χ1v) is 11.1. The molecule has 29 heavy (non-hydrogen) atoms. The Balaban J connectivity index is 2.22. The minimum absolute atomic E-state index is 0.0149. The fraction of sp³-hybridized carbons (Fsp3) is 0.353. The molecule has 160 valence electrons. The molecule has 0 bridgehead atoms. The molecule has 1 aromatic carbocycles. The quantitative estimate of drug-likeness (QED) is 0.553. The molecule has 10 nitrogen and oxygen atoms in total. The number of nitrogens with zero attached hydrogens (tertiary/aromatic N) is 2. The molecule has 0 radical (unpaired) electrons. The zero-order chi connectivity index (χ0) is 22.0. The minimum atomic E-state index is -3.85. The lowest BCUT2D eigenvalue weighted by Crippen LogP contribution is -2.23. The maximum Gasteiger partial charge on any atom is 0.338 e. The van der Waals surface area contributed by atoms with E-state index in [1.165, 1.54) is 59.6 Å². The van der Waals surface area contributed by atoms with Crippen LogP contribution in [0.5, 0.6) is 5.75 Å². The van der Waals surface area contributed by atoms with Crippen LogP contribution in [0.2, 0.25) is 0 Å². The van der Waals surface area contributed by atoms with Crippen molar-refractivity contribution < 1.29 is 35.5 Å². The maximum atomic E-state index is 12.4. The molecule has 0 saturated carbocycles. The number of methoxy groups -OCH3 is 1. The van der Waals surface area contributed by atoms with Crippen LogP contribution in [0.4, 0.5) is 0 Å². The van der Waals surface area contributed by atoms with Gasteiger partial charge in [0, 0.05) is 28.2 Å². The van der Waals surface area contributed by atoms with E-state index in [-0.39, 0.29) is 33.7 Å². The first-order chi connectivity index (χ1) is 13.4. The van der Waals surface area contributed by atoms with Crippen LogP contribution >= 0.6 is 0 Å². The highest BCUT2D eigenvalue weighted by Crippen LogP contribution is 2.27. The monoisotopic (exact) mass is 446 g/mol. The molecular weight excluding hydrogens is 424 g/mol. The summed E-state index contributed by atoms with van der Waals surface area (Å²) in [6, 6.07) is 6.50. The Labute approximate surface area is 169 Å². The third-order valence-corrected chi connectivity index (χ3v) is 7.40. The van der Waals surface area contributed by atoms with Crippen LogP contribution in [0.25, 0.3) is 0 Å². The van der Waals surface area contributed by atoms with E-state index >= 15 is 0 Å². The zero-order valence-electron chi connectivity index (χ0n) is 16.6. The number of carbonyl (C=O) groups excluding carboxylic acids is 1. The second-order valence-electron chi connectivity index (χ2n) is 6.24. The van der Waals surface area contributed by atoms with Gasteiger partial charge in [0.25, 0.3) is 10.0 Å². The van der Waals surface area contributed by atoms with Gasteiger partial charge in [-0.25, -0.2) is 30.2 Å². The highest BCUT2D eigenvalue weighted by molar-refractivity contribution is 7.89. The molecule has 0 spiro atoms. The number of rotatable bonds is 8. The molecule has 0 unspecified atom stereocenters. The van der Waals surface area contributed by atoms with Crippen LogP contribution in [0.1, 0.15) is 16.1 Å². The topological polar surface area (TPSA) is 123 Å². The van der Waals surface area contributed by atoms with Gasteiger partial charge in [-0.05, 0) is 30.3 Å². The van der Waals surface area contributed by atoms with Crippen molar-refractivity contribution in [2.75, 3.05) is 35.3 Å². The molecule has 0 saturated heterocycles. The number of furan rings is 1. The molecule has 0 aliphatic carbocycles. The predicted octanol–water partition coefficient (Wildman–Crippen LogP) is 1.15. The van der Waals surface area contributed by atoms with Crippen molar-refractivity contribution in [2.24, 2.45) is 0 Å². The van der Waals surface area contributed by atoms with E-state index in [1.807, 2.05) is 0 Å². The van der Waals surface area contributed by atoms with Gasteiger partial charge in [0.2, 0.25) is 15.1 Å². The highest BCUT2D eigenvalue weighted by atomic mass is 32.2. The number of benzene rings is 1. The lowest BCUT2D eigenvalue weighted by molar-refractivity contribution is 0.0440. The lowest BCUT2D eigenvalue weighted by atomic mass is 10.2. The molecule has 0 aliphatic rings. The van der Waals surface area contributed by atoms with Gasteiger partial charge in [-0.2, -0.15) is 0 Å². The molecule has 0 amide bonds. The van der Waals surface area contributed by atoms with E-state index in [0.29, 0.717) is 0 Å². The molecule has 0 N–H and O–H groups in total. The van der Waals surface area contributed by atoms with Gasteiger partial charge in [-0.1, -0.05) is 0 Å². The predicted molar refractivity (Wildman–Crippen MR) is 103 cm³/mol. The van der Waals surface area contributed by atoms with Crippen molar-refractivity contribution in [3.8, 4) is 5.75 Å². The summed E-state index contributed by atoms with van der Waals surface area (Å²) in [6.45, 7) is -0.330. The van der Waals surface area contributed by atoms with E-state index in [1.54, 1.807) is 0 Å². The maximum absolute atomic E-state index is 12.4. The summed E-state index contributed by atoms with van der Waals surface area (Å²) < 4.78 is 66.3. The van der Waals surface area contributed by atoms with Gasteiger partial charge in [-0.15, -0.1) is 0 Å². The molecule has 12 heteroatoms. The first-order valence-electron chi connectivity index (χ1n) is 8.20. The van der Waals surface area contributed by atoms with E-state index in [2.05, 4.69) is 0 Å². The molecule has 2 rings (SSSR count). The Kier molecular flexibility index (Phi) is 6.73. The van der Waals surface area contributed by atoms with Crippen LogP contribution in [0, 0.1) is 0 Å². The Morgan fingerprint density at radius 2 is 1.59 bits per heavy atom. The fourth-order valence-corrected chi connectivity index (χ4v) is 4.06. The standard InChI is InChI=1S/C17H22N2O8S2/c1-18(2)28(21,22)15-10-12(6-8-14(15)25-5)17(20)26-11-13-7-9-16(27-13)29(23,24)19(3)4/h6-10H,11H2,1-5H3. The number of esters is 1. The molecule has 1 heterocycles. The number of sulfonamides is 2. The van der Waals surface area contributed by atoms with E-state index < -0.39 is 26.0 Å². The van der Waals surface area contributed by atoms with Gasteiger partial charge in [0.15, 0.2) is 0 Å². The summed E-state index contributed by atoms with van der Waals surface area (Å²) in [5.41, 5.74) is -0.0149. The smallest absolute Gasteiger partial charge is 0.338 e. The lowest BCUT2D eigenvalue weighted by Gasteiger charge is -2.15. The average Bonchev–Trinajstić information content (AvgIpc) is 3.15. The van der Waals surface area contributed by atoms with Crippen LogP contribution in [0.3, 0.4) is 0 Å². The second kappa shape index (κ2) is 8.53. The fourth-order valence-electron chi connectivity index (χ4n) is 2.18. The van der Waals surface area contributed by atoms with Gasteiger partial charge < -0.3 is 13.9 Å². The highest BCUT2D eigenvalue weighted by Gasteiger charge is 2.25. The van der Waals surface area contributed by atoms with Crippen LogP contribution in [-0.4, -0.2) is 66.7 Å². The van der Waals surface area contributed by atoms with E-state index in [4.69, 9.17) is 13.9 Å². The number of hydrogen-bond donors (Lipinski definition) is 0. The molecule has 0 atom stereocenters. The molecule has 2 aromatic rings.